The van der Waals surface area contributed by atoms with Gasteiger partial charge in [0.15, 0.2) is 0 Å². The Bertz CT molecular complexity index is 974. The molecule has 3 aromatic rings. The molecule has 1 aromatic heterocycles. The van der Waals surface area contributed by atoms with Crippen LogP contribution in [0.3, 0.4) is 0 Å². The molecule has 0 aliphatic carbocycles. The lowest BCUT2D eigenvalue weighted by atomic mass is 9.95. The Kier molecular flexibility index (Phi) is 3.16. The van der Waals surface area contributed by atoms with Crippen molar-refractivity contribution in [2.75, 3.05) is 6.54 Å². The van der Waals surface area contributed by atoms with Gasteiger partial charge < -0.3 is 15.0 Å². The molecule has 120 valence electrons. The molecule has 24 heavy (non-hydrogen) atoms. The van der Waals surface area contributed by atoms with E-state index in [1.54, 1.807) is 12.1 Å². The summed E-state index contributed by atoms with van der Waals surface area (Å²) < 4.78 is 0. The van der Waals surface area contributed by atoms with Crippen LogP contribution in [0, 0.1) is 6.92 Å². The Balaban J connectivity index is 1.97. The molecule has 1 atom stereocenters. The summed E-state index contributed by atoms with van der Waals surface area (Å²) in [5, 5.41) is 10.3. The predicted molar refractivity (Wildman–Crippen MR) is 90.0 cm³/mol. The maximum Gasteiger partial charge on any atom is 0.323 e. The van der Waals surface area contributed by atoms with Gasteiger partial charge in [-0.2, -0.15) is 0 Å². The van der Waals surface area contributed by atoms with Crippen LogP contribution in [-0.2, 0) is 4.79 Å². The second-order valence-electron chi connectivity index (χ2n) is 6.03. The van der Waals surface area contributed by atoms with E-state index in [4.69, 9.17) is 0 Å². The van der Waals surface area contributed by atoms with Crippen LogP contribution in [0.4, 0.5) is 0 Å². The van der Waals surface area contributed by atoms with Gasteiger partial charge in [0.05, 0.1) is 6.04 Å². The number of rotatable bonds is 3. The Labute approximate surface area is 138 Å². The smallest absolute Gasteiger partial charge is 0.323 e. The molecule has 2 heterocycles. The van der Waals surface area contributed by atoms with Gasteiger partial charge in [0, 0.05) is 27.7 Å². The van der Waals surface area contributed by atoms with E-state index in [2.05, 4.69) is 4.98 Å². The van der Waals surface area contributed by atoms with Crippen LogP contribution >= 0.6 is 0 Å². The van der Waals surface area contributed by atoms with E-state index < -0.39 is 5.97 Å². The number of nitrogens with zero attached hydrogens (tertiary/aromatic N) is 1. The summed E-state index contributed by atoms with van der Waals surface area (Å²) >= 11 is 0. The molecular formula is C19H16N2O3. The van der Waals surface area contributed by atoms with Crippen molar-refractivity contribution in [2.45, 2.75) is 13.0 Å². The van der Waals surface area contributed by atoms with Gasteiger partial charge in [0.25, 0.3) is 5.91 Å². The number of carboxylic acid groups (broad SMARTS) is 1. The van der Waals surface area contributed by atoms with Gasteiger partial charge >= 0.3 is 5.97 Å². The molecule has 0 saturated carbocycles. The van der Waals surface area contributed by atoms with E-state index in [0.29, 0.717) is 5.56 Å². The zero-order valence-corrected chi connectivity index (χ0v) is 13.1. The van der Waals surface area contributed by atoms with Crippen molar-refractivity contribution in [1.29, 1.82) is 0 Å². The monoisotopic (exact) mass is 320 g/mol. The zero-order valence-electron chi connectivity index (χ0n) is 13.1. The molecule has 5 nitrogen and oxygen atoms in total. The topological polar surface area (TPSA) is 73.4 Å². The lowest BCUT2D eigenvalue weighted by Gasteiger charge is -2.24. The number of hydrogen-bond donors (Lipinski definition) is 2. The van der Waals surface area contributed by atoms with Gasteiger partial charge in [-0.15, -0.1) is 0 Å². The fourth-order valence-electron chi connectivity index (χ4n) is 3.64. The number of para-hydroxylation sites is 1. The molecule has 0 fully saturated rings. The highest BCUT2D eigenvalue weighted by Gasteiger charge is 2.40. The van der Waals surface area contributed by atoms with Gasteiger partial charge in [-0.25, -0.2) is 0 Å². The minimum atomic E-state index is -1.02. The van der Waals surface area contributed by atoms with Gasteiger partial charge in [0.2, 0.25) is 0 Å². The standard InChI is InChI=1S/C19H16N2O3/c1-11-17(14-8-4-5-9-15(14)20-11)18-12-6-2-3-7-13(12)19(24)21(18)10-16(22)23/h2-9,18,20H,10H2,1H3,(H,22,23)/t18-/m0/s1. The molecule has 1 aliphatic rings. The Morgan fingerprint density at radius 2 is 1.88 bits per heavy atom. The highest BCUT2D eigenvalue weighted by atomic mass is 16.4. The minimum absolute atomic E-state index is 0.234. The summed E-state index contributed by atoms with van der Waals surface area (Å²) in [5.74, 6) is -1.25. The van der Waals surface area contributed by atoms with Gasteiger partial charge in [-0.1, -0.05) is 36.4 Å². The van der Waals surface area contributed by atoms with E-state index in [1.165, 1.54) is 4.90 Å². The summed E-state index contributed by atoms with van der Waals surface area (Å²) in [5.41, 5.74) is 4.33. The van der Waals surface area contributed by atoms with E-state index in [0.717, 1.165) is 27.7 Å². The number of carbonyl (C=O) groups is 2. The molecular weight excluding hydrogens is 304 g/mol. The van der Waals surface area contributed by atoms with Crippen molar-refractivity contribution < 1.29 is 14.7 Å². The highest BCUT2D eigenvalue weighted by Crippen LogP contribution is 2.42. The van der Waals surface area contributed by atoms with Gasteiger partial charge in [0.1, 0.15) is 6.54 Å². The lowest BCUT2D eigenvalue weighted by Crippen LogP contribution is -2.34. The minimum Gasteiger partial charge on any atom is -0.480 e. The summed E-state index contributed by atoms with van der Waals surface area (Å²) in [7, 11) is 0. The SMILES string of the molecule is Cc1[nH]c2ccccc2c1[C@@H]1c2ccccc2C(=O)N1CC(=O)O. The first-order chi connectivity index (χ1) is 11.6. The number of carbonyl (C=O) groups excluding carboxylic acids is 1. The average molecular weight is 320 g/mol. The molecule has 2 aromatic carbocycles. The van der Waals surface area contributed by atoms with Crippen LogP contribution in [0.25, 0.3) is 10.9 Å². The van der Waals surface area contributed by atoms with E-state index in [9.17, 15) is 14.7 Å². The van der Waals surface area contributed by atoms with Gasteiger partial charge in [-0.05, 0) is 24.6 Å². The summed E-state index contributed by atoms with van der Waals surface area (Å²) in [6, 6.07) is 14.8. The van der Waals surface area contributed by atoms with Crippen LogP contribution < -0.4 is 0 Å². The number of aliphatic carboxylic acids is 1. The van der Waals surface area contributed by atoms with Crippen molar-refractivity contribution >= 4 is 22.8 Å². The fraction of sp³-hybridized carbons (Fsp3) is 0.158. The number of aromatic amines is 1. The summed E-state index contributed by atoms with van der Waals surface area (Å²) in [4.78, 5) is 28.8. The normalized spacial score (nSPS) is 16.6. The number of benzene rings is 2. The van der Waals surface area contributed by atoms with E-state index in [-0.39, 0.29) is 18.5 Å². The van der Waals surface area contributed by atoms with Crippen LogP contribution in [-0.4, -0.2) is 33.4 Å². The first-order valence-electron chi connectivity index (χ1n) is 7.77. The fourth-order valence-corrected chi connectivity index (χ4v) is 3.64. The molecule has 0 radical (unpaired) electrons. The molecule has 2 N–H and O–H groups in total. The number of aryl methyl sites for hydroxylation is 1. The Morgan fingerprint density at radius 1 is 1.17 bits per heavy atom. The number of nitrogens with one attached hydrogen (secondary N) is 1. The second-order valence-corrected chi connectivity index (χ2v) is 6.03. The maximum atomic E-state index is 12.7. The number of H-pyrrole nitrogens is 1. The van der Waals surface area contributed by atoms with Crippen LogP contribution in [0.1, 0.15) is 33.2 Å². The van der Waals surface area contributed by atoms with Crippen LogP contribution in [0.5, 0.6) is 0 Å². The number of carboxylic acids is 1. The van der Waals surface area contributed by atoms with Crippen molar-refractivity contribution in [3.63, 3.8) is 0 Å². The third-order valence-corrected chi connectivity index (χ3v) is 4.58. The molecule has 1 aliphatic heterocycles. The third-order valence-electron chi connectivity index (χ3n) is 4.58. The lowest BCUT2D eigenvalue weighted by molar-refractivity contribution is -0.138. The first kappa shape index (κ1) is 14.5. The second kappa shape index (κ2) is 5.23. The Hall–Kier alpha value is -3.08. The number of amides is 1. The highest BCUT2D eigenvalue weighted by molar-refractivity contribution is 6.02. The van der Waals surface area contributed by atoms with Crippen molar-refractivity contribution in [1.82, 2.24) is 9.88 Å². The molecule has 1 amide bonds. The zero-order chi connectivity index (χ0) is 16.8. The van der Waals surface area contributed by atoms with E-state index in [1.807, 2.05) is 43.3 Å². The number of fused-ring (bicyclic) bond motifs is 2. The average Bonchev–Trinajstić information content (AvgIpc) is 3.02. The maximum absolute atomic E-state index is 12.7. The van der Waals surface area contributed by atoms with Crippen LogP contribution in [0.15, 0.2) is 48.5 Å². The Morgan fingerprint density at radius 3 is 2.67 bits per heavy atom. The summed E-state index contributed by atoms with van der Waals surface area (Å²) in [6.07, 6.45) is 0. The van der Waals surface area contributed by atoms with Crippen molar-refractivity contribution in [3.05, 3.63) is 70.9 Å². The van der Waals surface area contributed by atoms with E-state index >= 15 is 0 Å². The number of aromatic nitrogens is 1. The van der Waals surface area contributed by atoms with Crippen molar-refractivity contribution in [2.24, 2.45) is 0 Å². The number of hydrogen-bond acceptors (Lipinski definition) is 2. The molecule has 0 spiro atoms. The molecule has 4 rings (SSSR count). The molecule has 5 heteroatoms. The van der Waals surface area contributed by atoms with Crippen LogP contribution in [0.2, 0.25) is 0 Å². The molecule has 0 unspecified atom stereocenters. The van der Waals surface area contributed by atoms with Gasteiger partial charge in [-0.3, -0.25) is 9.59 Å². The predicted octanol–water partition coefficient (Wildman–Crippen LogP) is 3.11. The molecule has 0 saturated heterocycles. The first-order valence-corrected chi connectivity index (χ1v) is 7.77. The largest absolute Gasteiger partial charge is 0.480 e. The third kappa shape index (κ3) is 2.01. The summed E-state index contributed by atoms with van der Waals surface area (Å²) in [6.45, 7) is 1.64. The molecule has 0 bridgehead atoms. The quantitative estimate of drug-likeness (QED) is 0.779. The van der Waals surface area contributed by atoms with Crippen molar-refractivity contribution in [3.8, 4) is 0 Å².